The molecule has 0 aromatic rings. The summed E-state index contributed by atoms with van der Waals surface area (Å²) in [5, 5.41) is 0. The van der Waals surface area contributed by atoms with E-state index in [9.17, 15) is 14.4 Å². The third kappa shape index (κ3) is 3.06. The molecule has 29 heavy (non-hydrogen) atoms. The first-order chi connectivity index (χ1) is 13.8. The molecule has 4 aliphatic heterocycles. The molecule has 4 fully saturated rings. The highest BCUT2D eigenvalue weighted by Crippen LogP contribution is 2.58. The van der Waals surface area contributed by atoms with E-state index in [-0.39, 0.29) is 23.4 Å². The third-order valence-electron chi connectivity index (χ3n) is 7.88. The van der Waals surface area contributed by atoms with Crippen LogP contribution in [0.5, 0.6) is 0 Å². The minimum Gasteiger partial charge on any atom is -0.342 e. The molecule has 1 unspecified atom stereocenters. The maximum atomic E-state index is 13.5. The summed E-state index contributed by atoms with van der Waals surface area (Å²) in [5.41, 5.74) is -0.709. The lowest BCUT2D eigenvalue weighted by molar-refractivity contribution is -0.141. The lowest BCUT2D eigenvalue weighted by Crippen LogP contribution is -2.55. The van der Waals surface area contributed by atoms with Crippen LogP contribution in [0.25, 0.3) is 0 Å². The van der Waals surface area contributed by atoms with Gasteiger partial charge in [-0.1, -0.05) is 0 Å². The first-order valence-electron chi connectivity index (χ1n) is 11.1. The molecule has 5 amide bonds. The number of piperidine rings is 1. The Kier molecular flexibility index (Phi) is 5.15. The fourth-order valence-corrected chi connectivity index (χ4v) is 6.13. The van der Waals surface area contributed by atoms with Gasteiger partial charge in [-0.3, -0.25) is 4.79 Å². The predicted octanol–water partition coefficient (Wildman–Crippen LogP) is 1.52. The Morgan fingerprint density at radius 2 is 1.52 bits per heavy atom. The summed E-state index contributed by atoms with van der Waals surface area (Å²) in [5.74, 6) is 0.216. The van der Waals surface area contributed by atoms with Crippen molar-refractivity contribution >= 4 is 18.0 Å². The van der Waals surface area contributed by atoms with Crippen LogP contribution in [0, 0.1) is 10.8 Å². The molecule has 1 atom stereocenters. The Morgan fingerprint density at radius 1 is 0.897 bits per heavy atom. The van der Waals surface area contributed by atoms with Crippen LogP contribution < -0.4 is 0 Å². The van der Waals surface area contributed by atoms with E-state index < -0.39 is 5.41 Å². The summed E-state index contributed by atoms with van der Waals surface area (Å²) >= 11 is 0. The molecule has 0 aliphatic carbocycles. The van der Waals surface area contributed by atoms with E-state index >= 15 is 0 Å². The van der Waals surface area contributed by atoms with Crippen molar-refractivity contribution in [3.63, 3.8) is 0 Å². The van der Waals surface area contributed by atoms with Gasteiger partial charge in [0.05, 0.1) is 5.41 Å². The SMILES string of the molecule is CCN1CCC2(CN(C(=O)N(C)C)CC23CCN(C(=O)N2CCCC2)CC3)C1=O. The Balaban J connectivity index is 1.56. The lowest BCUT2D eigenvalue weighted by Gasteiger charge is -2.47. The van der Waals surface area contributed by atoms with Gasteiger partial charge >= 0.3 is 12.1 Å². The average Bonchev–Trinajstić information content (AvgIpc) is 3.42. The number of rotatable bonds is 1. The fourth-order valence-electron chi connectivity index (χ4n) is 6.13. The third-order valence-corrected chi connectivity index (χ3v) is 7.88. The molecular formula is C21H35N5O3. The molecule has 0 N–H and O–H groups in total. The molecule has 0 aromatic carbocycles. The zero-order chi connectivity index (χ0) is 20.8. The molecule has 8 nitrogen and oxygen atoms in total. The Labute approximate surface area is 173 Å². The van der Waals surface area contributed by atoms with E-state index in [1.54, 1.807) is 19.0 Å². The number of fused-ring (bicyclic) bond motifs is 1. The molecule has 0 saturated carbocycles. The van der Waals surface area contributed by atoms with Gasteiger partial charge in [-0.25, -0.2) is 9.59 Å². The van der Waals surface area contributed by atoms with Gasteiger partial charge in [-0.15, -0.1) is 0 Å². The van der Waals surface area contributed by atoms with Crippen LogP contribution in [0.4, 0.5) is 9.59 Å². The van der Waals surface area contributed by atoms with Crippen LogP contribution in [0.1, 0.15) is 39.0 Å². The average molecular weight is 406 g/mol. The number of nitrogens with zero attached hydrogens (tertiary/aromatic N) is 5. The monoisotopic (exact) mass is 405 g/mol. The van der Waals surface area contributed by atoms with Crippen LogP contribution in [0.2, 0.25) is 0 Å². The highest BCUT2D eigenvalue weighted by molar-refractivity contribution is 5.88. The van der Waals surface area contributed by atoms with E-state index in [1.165, 1.54) is 0 Å². The van der Waals surface area contributed by atoms with Crippen molar-refractivity contribution in [2.24, 2.45) is 10.8 Å². The maximum Gasteiger partial charge on any atom is 0.319 e. The number of hydrogen-bond donors (Lipinski definition) is 0. The second-order valence-corrected chi connectivity index (χ2v) is 9.49. The van der Waals surface area contributed by atoms with Crippen molar-refractivity contribution in [3.8, 4) is 0 Å². The largest absolute Gasteiger partial charge is 0.342 e. The fraction of sp³-hybridized carbons (Fsp3) is 0.857. The van der Waals surface area contributed by atoms with E-state index in [0.29, 0.717) is 26.2 Å². The Morgan fingerprint density at radius 3 is 2.07 bits per heavy atom. The molecule has 4 aliphatic rings. The minimum absolute atomic E-state index is 0.0143. The standard InChI is InChI=1S/C21H35N5O3/c1-4-23-14-9-21(17(23)27)16-26(18(28)22(2)3)15-20(21)7-12-25(13-8-20)19(29)24-10-5-6-11-24/h4-16H2,1-3H3. The first kappa shape index (κ1) is 20.3. The zero-order valence-corrected chi connectivity index (χ0v) is 18.2. The second kappa shape index (κ2) is 7.36. The molecule has 8 heteroatoms. The number of likely N-dealkylation sites (tertiary alicyclic amines) is 4. The molecule has 4 rings (SSSR count). The number of carbonyl (C=O) groups is 3. The van der Waals surface area contributed by atoms with Crippen LogP contribution in [0.15, 0.2) is 0 Å². The summed E-state index contributed by atoms with van der Waals surface area (Å²) in [6.45, 7) is 7.74. The van der Waals surface area contributed by atoms with E-state index in [2.05, 4.69) is 0 Å². The van der Waals surface area contributed by atoms with Crippen LogP contribution in [0.3, 0.4) is 0 Å². The zero-order valence-electron chi connectivity index (χ0n) is 18.2. The topological polar surface area (TPSA) is 67.4 Å². The summed E-state index contributed by atoms with van der Waals surface area (Å²) in [6.07, 6.45) is 4.60. The van der Waals surface area contributed by atoms with Crippen molar-refractivity contribution in [2.45, 2.75) is 39.0 Å². The summed E-state index contributed by atoms with van der Waals surface area (Å²) in [4.78, 5) is 48.5. The highest BCUT2D eigenvalue weighted by atomic mass is 16.2. The molecule has 162 valence electrons. The van der Waals surface area contributed by atoms with Crippen molar-refractivity contribution in [1.82, 2.24) is 24.5 Å². The van der Waals surface area contributed by atoms with Gasteiger partial charge in [0.1, 0.15) is 0 Å². The van der Waals surface area contributed by atoms with E-state index in [4.69, 9.17) is 0 Å². The van der Waals surface area contributed by atoms with Gasteiger partial charge in [0.25, 0.3) is 0 Å². The molecule has 0 radical (unpaired) electrons. The van der Waals surface area contributed by atoms with Gasteiger partial charge in [-0.2, -0.15) is 0 Å². The van der Waals surface area contributed by atoms with Gasteiger partial charge in [0.15, 0.2) is 0 Å². The normalized spacial score (nSPS) is 28.9. The number of carbonyl (C=O) groups excluding carboxylic acids is 3. The number of hydrogen-bond acceptors (Lipinski definition) is 3. The molecule has 4 saturated heterocycles. The van der Waals surface area contributed by atoms with Crippen LogP contribution in [-0.2, 0) is 4.79 Å². The van der Waals surface area contributed by atoms with Crippen LogP contribution >= 0.6 is 0 Å². The maximum absolute atomic E-state index is 13.5. The van der Waals surface area contributed by atoms with Gasteiger partial charge in [-0.05, 0) is 39.0 Å². The van der Waals surface area contributed by atoms with Crippen molar-refractivity contribution < 1.29 is 14.4 Å². The second-order valence-electron chi connectivity index (χ2n) is 9.49. The summed E-state index contributed by atoms with van der Waals surface area (Å²) < 4.78 is 0. The molecule has 0 aromatic heterocycles. The lowest BCUT2D eigenvalue weighted by atomic mass is 9.60. The first-order valence-corrected chi connectivity index (χ1v) is 11.1. The Bertz CT molecular complexity index is 682. The number of urea groups is 2. The van der Waals surface area contributed by atoms with Gasteiger partial charge in [0, 0.05) is 71.9 Å². The molecule has 2 spiro atoms. The van der Waals surface area contributed by atoms with Gasteiger partial charge in [0.2, 0.25) is 5.91 Å². The molecular weight excluding hydrogens is 370 g/mol. The summed E-state index contributed by atoms with van der Waals surface area (Å²) in [6, 6.07) is 0.137. The van der Waals surface area contributed by atoms with E-state index in [0.717, 1.165) is 58.3 Å². The quantitative estimate of drug-likeness (QED) is 0.664. The minimum atomic E-state index is -0.489. The van der Waals surface area contributed by atoms with Crippen molar-refractivity contribution in [3.05, 3.63) is 0 Å². The summed E-state index contributed by atoms with van der Waals surface area (Å²) in [7, 11) is 3.54. The smallest absolute Gasteiger partial charge is 0.319 e. The highest BCUT2D eigenvalue weighted by Gasteiger charge is 2.66. The van der Waals surface area contributed by atoms with Crippen molar-refractivity contribution in [1.29, 1.82) is 0 Å². The van der Waals surface area contributed by atoms with Gasteiger partial charge < -0.3 is 24.5 Å². The van der Waals surface area contributed by atoms with Crippen molar-refractivity contribution in [2.75, 3.05) is 66.5 Å². The Hall–Kier alpha value is -1.99. The number of amides is 5. The molecule has 4 heterocycles. The predicted molar refractivity (Wildman–Crippen MR) is 109 cm³/mol. The van der Waals surface area contributed by atoms with Crippen LogP contribution in [-0.4, -0.2) is 109 Å². The molecule has 0 bridgehead atoms. The van der Waals surface area contributed by atoms with E-state index in [1.807, 2.05) is 26.5 Å².